The fourth-order valence-corrected chi connectivity index (χ4v) is 6.85. The average Bonchev–Trinajstić information content (AvgIpc) is 2.59. The first-order valence-corrected chi connectivity index (χ1v) is 11.4. The molecule has 0 saturated carbocycles. The Labute approximate surface area is 163 Å². The van der Waals surface area contributed by atoms with Crippen LogP contribution in [-0.2, 0) is 16.3 Å². The Balaban J connectivity index is 2.02. The first-order valence-electron chi connectivity index (χ1n) is 10.2. The number of hydrogen-bond donors (Lipinski definition) is 0. The molecule has 0 fully saturated rings. The van der Waals surface area contributed by atoms with Crippen LogP contribution in [0.5, 0.6) is 0 Å². The lowest BCUT2D eigenvalue weighted by Crippen LogP contribution is -2.34. The third kappa shape index (κ3) is 4.19. The van der Waals surface area contributed by atoms with Crippen LogP contribution in [-0.4, -0.2) is 5.25 Å². The smallest absolute Gasteiger partial charge is 0.0833 e. The maximum atomic E-state index is 2.53. The standard InChI is InChI=1S/C25H35S/c1-18-9-7-11-23(17-18)26(24-12-8-10-19(2)20(24)3)22-15-13-21(14-16-22)25(4,5)6/h7-8,11-20,24H,9-10H2,1-6H3/q+1. The van der Waals surface area contributed by atoms with Crippen LogP contribution in [0, 0.1) is 17.8 Å². The van der Waals surface area contributed by atoms with Crippen LogP contribution < -0.4 is 0 Å². The lowest BCUT2D eigenvalue weighted by molar-refractivity contribution is 0.386. The van der Waals surface area contributed by atoms with Crippen molar-refractivity contribution < 1.29 is 0 Å². The van der Waals surface area contributed by atoms with Gasteiger partial charge in [0.1, 0.15) is 5.25 Å². The monoisotopic (exact) mass is 367 g/mol. The van der Waals surface area contributed by atoms with Gasteiger partial charge in [-0.15, -0.1) is 0 Å². The summed E-state index contributed by atoms with van der Waals surface area (Å²) in [5.74, 6) is 2.13. The predicted molar refractivity (Wildman–Crippen MR) is 118 cm³/mol. The molecule has 3 rings (SSSR count). The first-order chi connectivity index (χ1) is 12.3. The molecule has 1 aromatic rings. The second-order valence-electron chi connectivity index (χ2n) is 9.26. The molecule has 0 radical (unpaired) electrons. The summed E-state index contributed by atoms with van der Waals surface area (Å²) in [6.07, 6.45) is 14.7. The van der Waals surface area contributed by atoms with Gasteiger partial charge < -0.3 is 0 Å². The minimum atomic E-state index is 0.120. The third-order valence-electron chi connectivity index (χ3n) is 5.99. The van der Waals surface area contributed by atoms with Gasteiger partial charge >= 0.3 is 0 Å². The summed E-state index contributed by atoms with van der Waals surface area (Å²) >= 11 is 0. The van der Waals surface area contributed by atoms with E-state index < -0.39 is 0 Å². The van der Waals surface area contributed by atoms with Crippen molar-refractivity contribution in [3.05, 3.63) is 65.1 Å². The largest absolute Gasteiger partial charge is 0.161 e. The summed E-state index contributed by atoms with van der Waals surface area (Å²) in [5, 5.41) is 0.612. The van der Waals surface area contributed by atoms with Crippen LogP contribution in [0.4, 0.5) is 0 Å². The number of hydrogen-bond acceptors (Lipinski definition) is 0. The minimum Gasteiger partial charge on any atom is -0.0833 e. The van der Waals surface area contributed by atoms with Gasteiger partial charge in [0, 0.05) is 5.92 Å². The molecule has 2 aliphatic carbocycles. The summed E-state index contributed by atoms with van der Waals surface area (Å²) in [5.41, 5.74) is 1.63. The molecule has 0 aliphatic heterocycles. The Morgan fingerprint density at radius 1 is 0.923 bits per heavy atom. The molecule has 0 N–H and O–H groups in total. The molecule has 0 saturated heterocycles. The second kappa shape index (κ2) is 7.80. The Morgan fingerprint density at radius 3 is 2.23 bits per heavy atom. The normalized spacial score (nSPS) is 30.2. The highest BCUT2D eigenvalue weighted by atomic mass is 32.2. The van der Waals surface area contributed by atoms with E-state index >= 15 is 0 Å². The molecule has 0 bridgehead atoms. The van der Waals surface area contributed by atoms with E-state index in [1.165, 1.54) is 23.3 Å². The molecule has 140 valence electrons. The maximum absolute atomic E-state index is 2.53. The van der Waals surface area contributed by atoms with Crippen LogP contribution >= 0.6 is 0 Å². The SMILES string of the molecule is CC1C=C([S+](c2ccc(C(C)(C)C)cc2)C2C=CCC(C)C2C)C=CC1. The van der Waals surface area contributed by atoms with E-state index in [9.17, 15) is 0 Å². The topological polar surface area (TPSA) is 0 Å². The van der Waals surface area contributed by atoms with Crippen LogP contribution in [0.3, 0.4) is 0 Å². The molecular weight excluding hydrogens is 332 g/mol. The highest BCUT2D eigenvalue weighted by Crippen LogP contribution is 2.40. The molecule has 1 aromatic carbocycles. The molecule has 0 amide bonds. The zero-order valence-corrected chi connectivity index (χ0v) is 18.1. The van der Waals surface area contributed by atoms with Crippen molar-refractivity contribution in [2.75, 3.05) is 0 Å². The van der Waals surface area contributed by atoms with Crippen molar-refractivity contribution in [1.82, 2.24) is 0 Å². The van der Waals surface area contributed by atoms with Crippen molar-refractivity contribution in [2.24, 2.45) is 17.8 Å². The van der Waals surface area contributed by atoms with Crippen LogP contribution in [0.25, 0.3) is 0 Å². The maximum Gasteiger partial charge on any atom is 0.161 e. The third-order valence-corrected chi connectivity index (χ3v) is 8.68. The molecule has 0 nitrogen and oxygen atoms in total. The Hall–Kier alpha value is -1.21. The summed E-state index contributed by atoms with van der Waals surface area (Å²) in [7, 11) is 0.120. The molecule has 0 spiro atoms. The molecular formula is C25H35S+. The van der Waals surface area contributed by atoms with Gasteiger partial charge in [-0.2, -0.15) is 0 Å². The van der Waals surface area contributed by atoms with Crippen LogP contribution in [0.1, 0.15) is 59.9 Å². The number of benzene rings is 1. The molecule has 0 heterocycles. The van der Waals surface area contributed by atoms with Gasteiger partial charge in [0.2, 0.25) is 0 Å². The molecule has 2 aliphatic rings. The second-order valence-corrected chi connectivity index (χ2v) is 11.4. The fourth-order valence-electron chi connectivity index (χ4n) is 3.94. The van der Waals surface area contributed by atoms with Crippen molar-refractivity contribution in [1.29, 1.82) is 0 Å². The fraction of sp³-hybridized carbons (Fsp3) is 0.520. The molecule has 1 heteroatoms. The predicted octanol–water partition coefficient (Wildman–Crippen LogP) is 7.04. The van der Waals surface area contributed by atoms with E-state index in [4.69, 9.17) is 0 Å². The van der Waals surface area contributed by atoms with Crippen molar-refractivity contribution in [2.45, 2.75) is 69.9 Å². The summed E-state index contributed by atoms with van der Waals surface area (Å²) in [6.45, 7) is 14.1. The van der Waals surface area contributed by atoms with Gasteiger partial charge in [0.05, 0.1) is 10.9 Å². The molecule has 0 aromatic heterocycles. The lowest BCUT2D eigenvalue weighted by Gasteiger charge is -2.30. The quantitative estimate of drug-likeness (QED) is 0.397. The van der Waals surface area contributed by atoms with Crippen LogP contribution in [0.2, 0.25) is 0 Å². The van der Waals surface area contributed by atoms with E-state index in [0.717, 1.165) is 11.8 Å². The highest BCUT2D eigenvalue weighted by Gasteiger charge is 2.42. The van der Waals surface area contributed by atoms with E-state index in [-0.39, 0.29) is 16.3 Å². The summed E-state index contributed by atoms with van der Waals surface area (Å²) < 4.78 is 0. The number of allylic oxidation sites excluding steroid dienone is 4. The van der Waals surface area contributed by atoms with E-state index in [1.807, 2.05) is 0 Å². The van der Waals surface area contributed by atoms with Crippen molar-refractivity contribution in [3.8, 4) is 0 Å². The van der Waals surface area contributed by atoms with Gasteiger partial charge in [0.25, 0.3) is 0 Å². The minimum absolute atomic E-state index is 0.120. The molecule has 5 unspecified atom stereocenters. The van der Waals surface area contributed by atoms with E-state index in [2.05, 4.69) is 96.2 Å². The Kier molecular flexibility index (Phi) is 5.87. The van der Waals surface area contributed by atoms with E-state index in [1.54, 1.807) is 4.91 Å². The Bertz CT molecular complexity index is 699. The zero-order chi connectivity index (χ0) is 18.9. The van der Waals surface area contributed by atoms with Gasteiger partial charge in [-0.3, -0.25) is 0 Å². The Morgan fingerprint density at radius 2 is 1.62 bits per heavy atom. The van der Waals surface area contributed by atoms with Crippen molar-refractivity contribution in [3.63, 3.8) is 0 Å². The van der Waals surface area contributed by atoms with Crippen LogP contribution in [0.15, 0.2) is 64.4 Å². The van der Waals surface area contributed by atoms with Gasteiger partial charge in [0.15, 0.2) is 9.80 Å². The van der Waals surface area contributed by atoms with Gasteiger partial charge in [-0.25, -0.2) is 0 Å². The summed E-state index contributed by atoms with van der Waals surface area (Å²) in [4.78, 5) is 3.04. The van der Waals surface area contributed by atoms with Gasteiger partial charge in [-0.05, 0) is 66.0 Å². The number of rotatable bonds is 3. The first kappa shape index (κ1) is 19.5. The summed E-state index contributed by atoms with van der Waals surface area (Å²) in [6, 6.07) is 9.51. The average molecular weight is 368 g/mol. The van der Waals surface area contributed by atoms with Crippen molar-refractivity contribution >= 4 is 10.9 Å². The lowest BCUT2D eigenvalue weighted by atomic mass is 9.86. The molecule has 26 heavy (non-hydrogen) atoms. The zero-order valence-electron chi connectivity index (χ0n) is 17.3. The van der Waals surface area contributed by atoms with Gasteiger partial charge in [-0.1, -0.05) is 65.8 Å². The van der Waals surface area contributed by atoms with E-state index in [0.29, 0.717) is 11.2 Å². The highest BCUT2D eigenvalue weighted by molar-refractivity contribution is 8.01. The molecule has 5 atom stereocenters.